The molecule has 3 rings (SSSR count). The summed E-state index contributed by atoms with van der Waals surface area (Å²) < 4.78 is 0.806. The summed E-state index contributed by atoms with van der Waals surface area (Å²) in [5.74, 6) is 0. The third-order valence-electron chi connectivity index (χ3n) is 2.65. The lowest BCUT2D eigenvalue weighted by Crippen LogP contribution is -2.01. The lowest BCUT2D eigenvalue weighted by Gasteiger charge is -2.05. The van der Waals surface area contributed by atoms with E-state index in [9.17, 15) is 0 Å². The second-order valence-electron chi connectivity index (χ2n) is 4.05. The maximum Gasteiger partial charge on any atom is 0.142 e. The first-order valence-electron chi connectivity index (χ1n) is 6.03. The summed E-state index contributed by atoms with van der Waals surface area (Å²) in [5, 5.41) is 6.29. The highest BCUT2D eigenvalue weighted by atomic mass is 79.9. The minimum Gasteiger partial charge on any atom is -0.377 e. The molecule has 20 heavy (non-hydrogen) atoms. The Morgan fingerprint density at radius 1 is 1.10 bits per heavy atom. The molecule has 0 amide bonds. The molecule has 0 unspecified atom stereocenters. The molecule has 100 valence electrons. The summed E-state index contributed by atoms with van der Waals surface area (Å²) in [5.41, 5.74) is 2.86. The van der Waals surface area contributed by atoms with Gasteiger partial charge in [-0.15, -0.1) is 11.3 Å². The van der Waals surface area contributed by atoms with Gasteiger partial charge < -0.3 is 5.32 Å². The number of pyridine rings is 2. The SMILES string of the molecule is Brc1ncccc1NCc1csc(-c2ccccn2)n1. The van der Waals surface area contributed by atoms with Crippen LogP contribution < -0.4 is 5.32 Å². The van der Waals surface area contributed by atoms with Crippen LogP contribution in [0.4, 0.5) is 5.69 Å². The van der Waals surface area contributed by atoms with Crippen LogP contribution in [0.3, 0.4) is 0 Å². The highest BCUT2D eigenvalue weighted by molar-refractivity contribution is 9.10. The van der Waals surface area contributed by atoms with E-state index in [1.54, 1.807) is 23.7 Å². The first-order valence-corrected chi connectivity index (χ1v) is 7.70. The minimum absolute atomic E-state index is 0.660. The van der Waals surface area contributed by atoms with Gasteiger partial charge >= 0.3 is 0 Å². The Bertz CT molecular complexity index is 699. The first-order chi connectivity index (χ1) is 9.83. The van der Waals surface area contributed by atoms with Crippen molar-refractivity contribution in [2.75, 3.05) is 5.32 Å². The largest absolute Gasteiger partial charge is 0.377 e. The van der Waals surface area contributed by atoms with Crippen molar-refractivity contribution in [2.45, 2.75) is 6.54 Å². The molecule has 0 saturated heterocycles. The molecule has 6 heteroatoms. The Hall–Kier alpha value is -1.79. The first kappa shape index (κ1) is 13.2. The second-order valence-corrected chi connectivity index (χ2v) is 5.66. The summed E-state index contributed by atoms with van der Waals surface area (Å²) in [6.45, 7) is 0.660. The molecule has 0 saturated carbocycles. The number of halogens is 1. The van der Waals surface area contributed by atoms with Gasteiger partial charge in [0.15, 0.2) is 0 Å². The lowest BCUT2D eigenvalue weighted by molar-refractivity contribution is 1.06. The average molecular weight is 347 g/mol. The number of aromatic nitrogens is 3. The Labute approximate surface area is 129 Å². The number of nitrogens with zero attached hydrogens (tertiary/aromatic N) is 3. The fraction of sp³-hybridized carbons (Fsp3) is 0.0714. The molecule has 3 heterocycles. The van der Waals surface area contributed by atoms with E-state index in [-0.39, 0.29) is 0 Å². The molecular weight excluding hydrogens is 336 g/mol. The quantitative estimate of drug-likeness (QED) is 0.726. The van der Waals surface area contributed by atoms with E-state index in [2.05, 4.69) is 36.2 Å². The molecule has 0 aromatic carbocycles. The van der Waals surface area contributed by atoms with Crippen molar-refractivity contribution in [1.82, 2.24) is 15.0 Å². The van der Waals surface area contributed by atoms with Gasteiger partial charge in [-0.25, -0.2) is 9.97 Å². The van der Waals surface area contributed by atoms with Gasteiger partial charge in [-0.2, -0.15) is 0 Å². The molecule has 0 aliphatic carbocycles. The molecule has 0 radical (unpaired) electrons. The molecule has 3 aromatic heterocycles. The van der Waals surface area contributed by atoms with Gasteiger partial charge in [-0.1, -0.05) is 6.07 Å². The van der Waals surface area contributed by atoms with Crippen LogP contribution in [0.2, 0.25) is 0 Å². The highest BCUT2D eigenvalue weighted by Gasteiger charge is 2.06. The van der Waals surface area contributed by atoms with Crippen molar-refractivity contribution in [3.05, 3.63) is 58.4 Å². The van der Waals surface area contributed by atoms with Crippen LogP contribution in [0, 0.1) is 0 Å². The molecule has 0 fully saturated rings. The fourth-order valence-electron chi connectivity index (χ4n) is 1.70. The van der Waals surface area contributed by atoms with E-state index in [0.717, 1.165) is 26.7 Å². The molecule has 0 atom stereocenters. The number of hydrogen-bond acceptors (Lipinski definition) is 5. The number of rotatable bonds is 4. The molecule has 1 N–H and O–H groups in total. The van der Waals surface area contributed by atoms with Gasteiger partial charge in [0, 0.05) is 17.8 Å². The van der Waals surface area contributed by atoms with E-state index in [1.807, 2.05) is 35.7 Å². The molecule has 0 aliphatic heterocycles. The van der Waals surface area contributed by atoms with Crippen LogP contribution in [0.25, 0.3) is 10.7 Å². The minimum atomic E-state index is 0.660. The summed E-state index contributed by atoms with van der Waals surface area (Å²) >= 11 is 5.01. The van der Waals surface area contributed by atoms with Crippen LogP contribution in [-0.2, 0) is 6.54 Å². The maximum atomic E-state index is 4.58. The van der Waals surface area contributed by atoms with Crippen molar-refractivity contribution in [3.8, 4) is 10.7 Å². The van der Waals surface area contributed by atoms with E-state index >= 15 is 0 Å². The smallest absolute Gasteiger partial charge is 0.142 e. The molecular formula is C14H11BrN4S. The van der Waals surface area contributed by atoms with Gasteiger partial charge in [0.2, 0.25) is 0 Å². The lowest BCUT2D eigenvalue weighted by atomic mass is 10.3. The van der Waals surface area contributed by atoms with Crippen molar-refractivity contribution in [2.24, 2.45) is 0 Å². The predicted octanol–water partition coefficient (Wildman–Crippen LogP) is 3.97. The van der Waals surface area contributed by atoms with Gasteiger partial charge in [0.1, 0.15) is 9.61 Å². The zero-order chi connectivity index (χ0) is 13.8. The molecule has 0 bridgehead atoms. The van der Waals surface area contributed by atoms with Crippen molar-refractivity contribution in [1.29, 1.82) is 0 Å². The number of nitrogens with one attached hydrogen (secondary N) is 1. The predicted molar refractivity (Wildman–Crippen MR) is 84.6 cm³/mol. The summed E-state index contributed by atoms with van der Waals surface area (Å²) in [4.78, 5) is 13.1. The molecule has 4 nitrogen and oxygen atoms in total. The van der Waals surface area contributed by atoms with Crippen LogP contribution in [0.5, 0.6) is 0 Å². The number of hydrogen-bond donors (Lipinski definition) is 1. The second kappa shape index (κ2) is 6.11. The number of anilines is 1. The zero-order valence-corrected chi connectivity index (χ0v) is 12.9. The van der Waals surface area contributed by atoms with Crippen molar-refractivity contribution >= 4 is 33.0 Å². The molecule has 3 aromatic rings. The Kier molecular flexibility index (Phi) is 4.03. The highest BCUT2D eigenvalue weighted by Crippen LogP contribution is 2.23. The van der Waals surface area contributed by atoms with Crippen LogP contribution >= 0.6 is 27.3 Å². The van der Waals surface area contributed by atoms with Gasteiger partial charge in [-0.3, -0.25) is 4.98 Å². The van der Waals surface area contributed by atoms with Gasteiger partial charge in [0.25, 0.3) is 0 Å². The van der Waals surface area contributed by atoms with Crippen LogP contribution in [-0.4, -0.2) is 15.0 Å². The topological polar surface area (TPSA) is 50.7 Å². The van der Waals surface area contributed by atoms with E-state index in [4.69, 9.17) is 0 Å². The summed E-state index contributed by atoms with van der Waals surface area (Å²) in [7, 11) is 0. The maximum absolute atomic E-state index is 4.58. The summed E-state index contributed by atoms with van der Waals surface area (Å²) in [6, 6.07) is 9.71. The normalized spacial score (nSPS) is 10.4. The third kappa shape index (κ3) is 3.02. The zero-order valence-electron chi connectivity index (χ0n) is 10.5. The molecule has 0 aliphatic rings. The Balaban J connectivity index is 1.71. The fourth-order valence-corrected chi connectivity index (χ4v) is 2.88. The van der Waals surface area contributed by atoms with Crippen LogP contribution in [0.1, 0.15) is 5.69 Å². The monoisotopic (exact) mass is 346 g/mol. The number of thiazole rings is 1. The molecule has 0 spiro atoms. The van der Waals surface area contributed by atoms with Crippen LogP contribution in [0.15, 0.2) is 52.7 Å². The van der Waals surface area contributed by atoms with E-state index in [0.29, 0.717) is 6.54 Å². The average Bonchev–Trinajstić information content (AvgIpc) is 2.96. The van der Waals surface area contributed by atoms with Gasteiger partial charge in [0.05, 0.1) is 23.6 Å². The Morgan fingerprint density at radius 2 is 2.00 bits per heavy atom. The third-order valence-corrected chi connectivity index (χ3v) is 4.20. The summed E-state index contributed by atoms with van der Waals surface area (Å²) in [6.07, 6.45) is 3.53. The standard InChI is InChI=1S/C14H11BrN4S/c15-13-11(5-3-7-17-13)18-8-10-9-20-14(19-10)12-4-1-2-6-16-12/h1-7,9,18H,8H2. The van der Waals surface area contributed by atoms with E-state index < -0.39 is 0 Å². The Morgan fingerprint density at radius 3 is 2.80 bits per heavy atom. The van der Waals surface area contributed by atoms with Crippen molar-refractivity contribution in [3.63, 3.8) is 0 Å². The van der Waals surface area contributed by atoms with E-state index in [1.165, 1.54) is 0 Å². The van der Waals surface area contributed by atoms with Gasteiger partial charge in [-0.05, 0) is 40.2 Å². The van der Waals surface area contributed by atoms with Crippen molar-refractivity contribution < 1.29 is 0 Å².